The minimum atomic E-state index is -0.291. The topological polar surface area (TPSA) is 94.2 Å². The molecule has 2 N–H and O–H groups in total. The molecule has 4 heterocycles. The van der Waals surface area contributed by atoms with Gasteiger partial charge in [0.2, 0.25) is 0 Å². The molecule has 5 rings (SSSR count). The monoisotopic (exact) mass is 452 g/mol. The number of hydrogen-bond acceptors (Lipinski definition) is 6. The number of rotatable bonds is 5. The van der Waals surface area contributed by atoms with E-state index in [-0.39, 0.29) is 17.2 Å². The summed E-state index contributed by atoms with van der Waals surface area (Å²) in [5.74, 6) is 0.117. The van der Waals surface area contributed by atoms with Crippen molar-refractivity contribution in [3.8, 4) is 0 Å². The van der Waals surface area contributed by atoms with E-state index < -0.39 is 0 Å². The van der Waals surface area contributed by atoms with Crippen LogP contribution in [0.5, 0.6) is 0 Å². The summed E-state index contributed by atoms with van der Waals surface area (Å²) in [5.41, 5.74) is 4.77. The fourth-order valence-electron chi connectivity index (χ4n) is 4.23. The quantitative estimate of drug-likeness (QED) is 0.617. The number of carbonyl (C=O) groups is 1. The lowest BCUT2D eigenvalue weighted by Crippen LogP contribution is -2.46. The van der Waals surface area contributed by atoms with Crippen LogP contribution < -0.4 is 15.8 Å². The molecule has 0 bridgehead atoms. The van der Waals surface area contributed by atoms with Crippen LogP contribution in [0.3, 0.4) is 0 Å². The van der Waals surface area contributed by atoms with Crippen molar-refractivity contribution in [3.63, 3.8) is 0 Å². The Bertz CT molecular complexity index is 1230. The van der Waals surface area contributed by atoms with Crippen LogP contribution in [-0.4, -0.2) is 59.0 Å². The number of H-pyrrole nitrogens is 1. The van der Waals surface area contributed by atoms with E-state index in [0.29, 0.717) is 10.9 Å². The first kappa shape index (κ1) is 20.9. The summed E-state index contributed by atoms with van der Waals surface area (Å²) in [6.45, 7) is 4.20. The third-order valence-electron chi connectivity index (χ3n) is 6.21. The standard InChI is InChI=1S/C23H25ClN6O2/c1-25-23(32)21-18(24)9-16(12-27-21)30-6-4-29(5-7-30)13-14-8-20-19(26-11-14)10-17(15-2-3-15)22(31)28-20/h8-12,15H,2-7,13H2,1H3,(H,25,32)(H,28,31). The Hall–Kier alpha value is -2.97. The molecule has 3 aromatic rings. The average Bonchev–Trinajstić information content (AvgIpc) is 3.64. The number of nitrogens with zero attached hydrogens (tertiary/aromatic N) is 4. The third kappa shape index (κ3) is 4.20. The van der Waals surface area contributed by atoms with Gasteiger partial charge in [0.25, 0.3) is 11.5 Å². The van der Waals surface area contributed by atoms with Crippen molar-refractivity contribution >= 4 is 34.2 Å². The summed E-state index contributed by atoms with van der Waals surface area (Å²) in [5, 5.41) is 2.90. The highest BCUT2D eigenvalue weighted by atomic mass is 35.5. The molecule has 1 saturated carbocycles. The van der Waals surface area contributed by atoms with Gasteiger partial charge in [-0.3, -0.25) is 19.5 Å². The number of aromatic amines is 1. The van der Waals surface area contributed by atoms with Gasteiger partial charge < -0.3 is 15.2 Å². The number of aromatic nitrogens is 3. The summed E-state index contributed by atoms with van der Waals surface area (Å²) < 4.78 is 0. The average molecular weight is 453 g/mol. The Morgan fingerprint density at radius 1 is 1.16 bits per heavy atom. The van der Waals surface area contributed by atoms with Crippen molar-refractivity contribution in [3.05, 3.63) is 62.8 Å². The third-order valence-corrected chi connectivity index (χ3v) is 6.50. The van der Waals surface area contributed by atoms with Gasteiger partial charge in [-0.25, -0.2) is 4.98 Å². The van der Waals surface area contributed by atoms with E-state index in [1.807, 2.05) is 18.3 Å². The van der Waals surface area contributed by atoms with Crippen molar-refractivity contribution in [2.75, 3.05) is 38.1 Å². The second-order valence-electron chi connectivity index (χ2n) is 8.47. The number of nitrogens with one attached hydrogen (secondary N) is 2. The van der Waals surface area contributed by atoms with Gasteiger partial charge >= 0.3 is 0 Å². The zero-order valence-corrected chi connectivity index (χ0v) is 18.7. The van der Waals surface area contributed by atoms with Gasteiger partial charge in [-0.2, -0.15) is 0 Å². The summed E-state index contributed by atoms with van der Waals surface area (Å²) >= 11 is 6.25. The Kier molecular flexibility index (Phi) is 5.57. The largest absolute Gasteiger partial charge is 0.368 e. The molecule has 0 spiro atoms. The second kappa shape index (κ2) is 8.52. The lowest BCUT2D eigenvalue weighted by Gasteiger charge is -2.36. The highest BCUT2D eigenvalue weighted by Crippen LogP contribution is 2.38. The molecule has 1 aliphatic heterocycles. The van der Waals surface area contributed by atoms with Crippen LogP contribution in [0, 0.1) is 0 Å². The lowest BCUT2D eigenvalue weighted by atomic mass is 10.1. The minimum absolute atomic E-state index is 0.0160. The summed E-state index contributed by atoms with van der Waals surface area (Å²) in [4.78, 5) is 40.6. The van der Waals surface area contributed by atoms with E-state index in [0.717, 1.165) is 73.4 Å². The number of anilines is 1. The molecule has 1 aliphatic carbocycles. The molecular formula is C23H25ClN6O2. The SMILES string of the molecule is CNC(=O)c1ncc(N2CCN(Cc3cnc4cc(C5CC5)c(=O)[nH]c4c3)CC2)cc1Cl. The first-order chi connectivity index (χ1) is 15.5. The number of pyridine rings is 3. The van der Waals surface area contributed by atoms with Gasteiger partial charge in [0, 0.05) is 51.5 Å². The fourth-order valence-corrected chi connectivity index (χ4v) is 4.48. The molecule has 166 valence electrons. The molecule has 8 nitrogen and oxygen atoms in total. The van der Waals surface area contributed by atoms with Crippen LogP contribution in [0.15, 0.2) is 35.4 Å². The number of carbonyl (C=O) groups excluding carboxylic acids is 1. The van der Waals surface area contributed by atoms with Crippen LogP contribution >= 0.6 is 11.6 Å². The molecule has 0 radical (unpaired) electrons. The van der Waals surface area contributed by atoms with E-state index in [1.165, 1.54) is 0 Å². The van der Waals surface area contributed by atoms with Gasteiger partial charge in [-0.05, 0) is 42.5 Å². The molecule has 0 aromatic carbocycles. The zero-order chi connectivity index (χ0) is 22.2. The molecule has 1 amide bonds. The summed E-state index contributed by atoms with van der Waals surface area (Å²) in [6.07, 6.45) is 5.80. The van der Waals surface area contributed by atoms with Gasteiger partial charge in [0.05, 0.1) is 27.9 Å². The molecule has 32 heavy (non-hydrogen) atoms. The van der Waals surface area contributed by atoms with E-state index in [4.69, 9.17) is 11.6 Å². The maximum Gasteiger partial charge on any atom is 0.271 e. The first-order valence-corrected chi connectivity index (χ1v) is 11.3. The summed E-state index contributed by atoms with van der Waals surface area (Å²) in [6, 6.07) is 5.78. The van der Waals surface area contributed by atoms with Gasteiger partial charge in [-0.1, -0.05) is 11.6 Å². The molecule has 2 fully saturated rings. The molecule has 0 unspecified atom stereocenters. The van der Waals surface area contributed by atoms with E-state index in [1.54, 1.807) is 19.3 Å². The molecule has 0 atom stereocenters. The van der Waals surface area contributed by atoms with Crippen LogP contribution in [0.1, 0.15) is 40.4 Å². The molecule has 2 aliphatic rings. The molecule has 3 aromatic heterocycles. The lowest BCUT2D eigenvalue weighted by molar-refractivity contribution is 0.0958. The first-order valence-electron chi connectivity index (χ1n) is 10.9. The van der Waals surface area contributed by atoms with Crippen LogP contribution in [0.2, 0.25) is 5.02 Å². The number of hydrogen-bond donors (Lipinski definition) is 2. The normalized spacial score (nSPS) is 17.0. The Morgan fingerprint density at radius 2 is 1.94 bits per heavy atom. The van der Waals surface area contributed by atoms with Crippen molar-refractivity contribution in [2.45, 2.75) is 25.3 Å². The van der Waals surface area contributed by atoms with Crippen molar-refractivity contribution in [1.82, 2.24) is 25.2 Å². The van der Waals surface area contributed by atoms with E-state index in [9.17, 15) is 9.59 Å². The van der Waals surface area contributed by atoms with Gasteiger partial charge in [-0.15, -0.1) is 0 Å². The maximum atomic E-state index is 12.4. The van der Waals surface area contributed by atoms with Crippen LogP contribution in [0.25, 0.3) is 11.0 Å². The Labute approximate surface area is 190 Å². The number of amides is 1. The van der Waals surface area contributed by atoms with Crippen molar-refractivity contribution < 1.29 is 4.79 Å². The second-order valence-corrected chi connectivity index (χ2v) is 8.88. The van der Waals surface area contributed by atoms with Crippen LogP contribution in [0.4, 0.5) is 5.69 Å². The van der Waals surface area contributed by atoms with Gasteiger partial charge in [0.15, 0.2) is 0 Å². The zero-order valence-electron chi connectivity index (χ0n) is 17.9. The Balaban J connectivity index is 1.23. The van der Waals surface area contributed by atoms with E-state index in [2.05, 4.69) is 30.1 Å². The predicted octanol–water partition coefficient (Wildman–Crippen LogP) is 2.53. The highest BCUT2D eigenvalue weighted by molar-refractivity contribution is 6.33. The number of halogens is 1. The predicted molar refractivity (Wildman–Crippen MR) is 124 cm³/mol. The summed E-state index contributed by atoms with van der Waals surface area (Å²) in [7, 11) is 1.56. The number of piperazine rings is 1. The number of fused-ring (bicyclic) bond motifs is 1. The molecule has 1 saturated heterocycles. The minimum Gasteiger partial charge on any atom is -0.368 e. The van der Waals surface area contributed by atoms with E-state index >= 15 is 0 Å². The highest BCUT2D eigenvalue weighted by Gasteiger charge is 2.26. The van der Waals surface area contributed by atoms with Crippen LogP contribution in [-0.2, 0) is 6.54 Å². The Morgan fingerprint density at radius 3 is 2.62 bits per heavy atom. The fraction of sp³-hybridized carbons (Fsp3) is 0.391. The molecular weight excluding hydrogens is 428 g/mol. The van der Waals surface area contributed by atoms with Gasteiger partial charge in [0.1, 0.15) is 5.69 Å². The molecule has 9 heteroatoms. The maximum absolute atomic E-state index is 12.4. The van der Waals surface area contributed by atoms with Crippen molar-refractivity contribution in [2.24, 2.45) is 0 Å². The smallest absolute Gasteiger partial charge is 0.271 e. The van der Waals surface area contributed by atoms with Crippen molar-refractivity contribution in [1.29, 1.82) is 0 Å².